The summed E-state index contributed by atoms with van der Waals surface area (Å²) in [5, 5.41) is 9.02. The van der Waals surface area contributed by atoms with Gasteiger partial charge in [0.2, 0.25) is 0 Å². The van der Waals surface area contributed by atoms with Gasteiger partial charge in [-0.05, 0) is 46.3 Å². The first kappa shape index (κ1) is 15.3. The highest BCUT2D eigenvalue weighted by molar-refractivity contribution is 9.10. The van der Waals surface area contributed by atoms with Crippen molar-refractivity contribution >= 4 is 21.9 Å². The van der Waals surface area contributed by atoms with E-state index in [4.69, 9.17) is 14.6 Å². The largest absolute Gasteiger partial charge is 0.497 e. The van der Waals surface area contributed by atoms with Gasteiger partial charge in [0.25, 0.3) is 0 Å². The van der Waals surface area contributed by atoms with Crippen LogP contribution < -0.4 is 9.47 Å². The Morgan fingerprint density at radius 2 is 1.95 bits per heavy atom. The van der Waals surface area contributed by atoms with Gasteiger partial charge in [-0.3, -0.25) is 0 Å². The summed E-state index contributed by atoms with van der Waals surface area (Å²) in [6.45, 7) is -0.00345. The van der Waals surface area contributed by atoms with E-state index in [9.17, 15) is 9.18 Å². The summed E-state index contributed by atoms with van der Waals surface area (Å²) in [7, 11) is 1.46. The molecule has 0 aromatic heterocycles. The van der Waals surface area contributed by atoms with Crippen LogP contribution in [0.2, 0.25) is 0 Å². The molecular formula is C15H12BrFO4. The van der Waals surface area contributed by atoms with Crippen LogP contribution in [0.15, 0.2) is 40.9 Å². The van der Waals surface area contributed by atoms with Gasteiger partial charge in [0.15, 0.2) is 0 Å². The van der Waals surface area contributed by atoms with E-state index in [1.54, 1.807) is 24.3 Å². The molecule has 0 spiro atoms. The fourth-order valence-corrected chi connectivity index (χ4v) is 2.11. The van der Waals surface area contributed by atoms with Gasteiger partial charge in [-0.15, -0.1) is 0 Å². The lowest BCUT2D eigenvalue weighted by atomic mass is 10.2. The number of benzene rings is 2. The smallest absolute Gasteiger partial charge is 0.336 e. The summed E-state index contributed by atoms with van der Waals surface area (Å²) in [6, 6.07) is 9.02. The molecule has 0 aliphatic rings. The topological polar surface area (TPSA) is 55.8 Å². The second-order valence-electron chi connectivity index (χ2n) is 4.19. The lowest BCUT2D eigenvalue weighted by Gasteiger charge is -2.09. The first-order valence-corrected chi connectivity index (χ1v) is 6.78. The van der Waals surface area contributed by atoms with Gasteiger partial charge >= 0.3 is 5.97 Å². The Labute approximate surface area is 129 Å². The van der Waals surface area contributed by atoms with Crippen molar-refractivity contribution in [3.05, 3.63) is 57.8 Å². The number of carboxylic acids is 1. The van der Waals surface area contributed by atoms with Crippen LogP contribution in [0.1, 0.15) is 15.9 Å². The summed E-state index contributed by atoms with van der Waals surface area (Å²) < 4.78 is 24.6. The Balaban J connectivity index is 2.13. The Hall–Kier alpha value is -2.08. The summed E-state index contributed by atoms with van der Waals surface area (Å²) in [6.07, 6.45) is 0. The maximum Gasteiger partial charge on any atom is 0.336 e. The highest BCUT2D eigenvalue weighted by Gasteiger charge is 2.10. The van der Waals surface area contributed by atoms with Crippen molar-refractivity contribution in [2.24, 2.45) is 0 Å². The number of carbonyl (C=O) groups is 1. The average Bonchev–Trinajstić information content (AvgIpc) is 2.47. The maximum atomic E-state index is 13.7. The van der Waals surface area contributed by atoms with Crippen molar-refractivity contribution in [2.45, 2.75) is 6.61 Å². The van der Waals surface area contributed by atoms with E-state index in [2.05, 4.69) is 15.9 Å². The van der Waals surface area contributed by atoms with Crippen molar-refractivity contribution < 1.29 is 23.8 Å². The van der Waals surface area contributed by atoms with Gasteiger partial charge in [0, 0.05) is 16.1 Å². The molecule has 6 heteroatoms. The maximum absolute atomic E-state index is 13.7. The van der Waals surface area contributed by atoms with E-state index in [-0.39, 0.29) is 12.2 Å². The Morgan fingerprint density at radius 1 is 1.24 bits per heavy atom. The molecule has 1 N–H and O–H groups in total. The molecule has 110 valence electrons. The van der Waals surface area contributed by atoms with Crippen molar-refractivity contribution in [1.29, 1.82) is 0 Å². The van der Waals surface area contributed by atoms with Crippen LogP contribution >= 0.6 is 15.9 Å². The normalized spacial score (nSPS) is 10.2. The number of aromatic carboxylic acids is 1. The zero-order valence-corrected chi connectivity index (χ0v) is 12.7. The zero-order valence-electron chi connectivity index (χ0n) is 11.1. The number of hydrogen-bond donors (Lipinski definition) is 1. The third-order valence-electron chi connectivity index (χ3n) is 2.82. The van der Waals surface area contributed by atoms with Gasteiger partial charge in [-0.25, -0.2) is 9.18 Å². The number of methoxy groups -OCH3 is 1. The Kier molecular flexibility index (Phi) is 4.80. The average molecular weight is 355 g/mol. The molecule has 2 rings (SSSR count). The van der Waals surface area contributed by atoms with E-state index < -0.39 is 11.8 Å². The molecule has 2 aromatic carbocycles. The fraction of sp³-hybridized carbons (Fsp3) is 0.133. The van der Waals surface area contributed by atoms with E-state index in [1.807, 2.05) is 0 Å². The second kappa shape index (κ2) is 6.58. The Morgan fingerprint density at radius 3 is 2.57 bits per heavy atom. The molecule has 0 amide bonds. The molecule has 21 heavy (non-hydrogen) atoms. The SMILES string of the molecule is COc1ccc(COc2ccc(Br)c(C(=O)O)c2)c(F)c1. The molecule has 0 radical (unpaired) electrons. The van der Waals surface area contributed by atoms with Crippen LogP contribution in [-0.2, 0) is 6.61 Å². The van der Waals surface area contributed by atoms with Crippen LogP contribution in [0.3, 0.4) is 0 Å². The predicted molar refractivity (Wildman–Crippen MR) is 78.4 cm³/mol. The van der Waals surface area contributed by atoms with Crippen molar-refractivity contribution in [2.75, 3.05) is 7.11 Å². The first-order valence-electron chi connectivity index (χ1n) is 5.99. The molecule has 0 bridgehead atoms. The molecule has 0 heterocycles. The molecular weight excluding hydrogens is 343 g/mol. The molecule has 0 saturated heterocycles. The molecule has 0 aliphatic carbocycles. The molecule has 0 aliphatic heterocycles. The highest BCUT2D eigenvalue weighted by atomic mass is 79.9. The summed E-state index contributed by atoms with van der Waals surface area (Å²) in [5.74, 6) is -0.730. The molecule has 4 nitrogen and oxygen atoms in total. The minimum absolute atomic E-state index is 0.00345. The van der Waals surface area contributed by atoms with Gasteiger partial charge in [-0.2, -0.15) is 0 Å². The van der Waals surface area contributed by atoms with Crippen molar-refractivity contribution in [3.63, 3.8) is 0 Å². The van der Waals surface area contributed by atoms with Gasteiger partial charge < -0.3 is 14.6 Å². The molecule has 0 saturated carbocycles. The summed E-state index contributed by atoms with van der Waals surface area (Å²) >= 11 is 3.14. The number of ether oxygens (including phenoxy) is 2. The molecule has 0 atom stereocenters. The van der Waals surface area contributed by atoms with Crippen LogP contribution in [0.5, 0.6) is 11.5 Å². The van der Waals surface area contributed by atoms with Crippen LogP contribution in [0, 0.1) is 5.82 Å². The summed E-state index contributed by atoms with van der Waals surface area (Å²) in [5.41, 5.74) is 0.443. The van der Waals surface area contributed by atoms with E-state index in [0.29, 0.717) is 21.5 Å². The Bertz CT molecular complexity index is 673. The van der Waals surface area contributed by atoms with E-state index >= 15 is 0 Å². The quantitative estimate of drug-likeness (QED) is 0.885. The first-order chi connectivity index (χ1) is 10.0. The van der Waals surface area contributed by atoms with Crippen molar-refractivity contribution in [3.8, 4) is 11.5 Å². The monoisotopic (exact) mass is 354 g/mol. The molecule has 2 aromatic rings. The third-order valence-corrected chi connectivity index (χ3v) is 3.51. The highest BCUT2D eigenvalue weighted by Crippen LogP contribution is 2.24. The van der Waals surface area contributed by atoms with Gasteiger partial charge in [-0.1, -0.05) is 0 Å². The zero-order chi connectivity index (χ0) is 15.4. The van der Waals surface area contributed by atoms with E-state index in [0.717, 1.165) is 0 Å². The minimum atomic E-state index is -1.07. The summed E-state index contributed by atoms with van der Waals surface area (Å²) in [4.78, 5) is 11.0. The lowest BCUT2D eigenvalue weighted by Crippen LogP contribution is -2.02. The van der Waals surface area contributed by atoms with Gasteiger partial charge in [0.1, 0.15) is 23.9 Å². The fourth-order valence-electron chi connectivity index (χ4n) is 1.69. The van der Waals surface area contributed by atoms with Crippen LogP contribution in [0.4, 0.5) is 4.39 Å². The lowest BCUT2D eigenvalue weighted by molar-refractivity contribution is 0.0695. The van der Waals surface area contributed by atoms with Crippen molar-refractivity contribution in [1.82, 2.24) is 0 Å². The predicted octanol–water partition coefficient (Wildman–Crippen LogP) is 3.87. The molecule has 0 unspecified atom stereocenters. The standard InChI is InChI=1S/C15H12BrFO4/c1-20-10-3-2-9(14(17)7-10)8-21-11-4-5-13(16)12(6-11)15(18)19/h2-7H,8H2,1H3,(H,18,19). The third kappa shape index (κ3) is 3.72. The number of halogens is 2. The van der Waals surface area contributed by atoms with Crippen LogP contribution in [0.25, 0.3) is 0 Å². The number of rotatable bonds is 5. The molecule has 0 fully saturated rings. The number of carboxylic acid groups (broad SMARTS) is 1. The van der Waals surface area contributed by atoms with Gasteiger partial charge in [0.05, 0.1) is 12.7 Å². The minimum Gasteiger partial charge on any atom is -0.497 e. The number of hydrogen-bond acceptors (Lipinski definition) is 3. The second-order valence-corrected chi connectivity index (χ2v) is 5.05. The van der Waals surface area contributed by atoms with E-state index in [1.165, 1.54) is 19.2 Å². The van der Waals surface area contributed by atoms with Crippen LogP contribution in [-0.4, -0.2) is 18.2 Å².